The van der Waals surface area contributed by atoms with Gasteiger partial charge in [-0.25, -0.2) is 4.79 Å². The Morgan fingerprint density at radius 2 is 2.17 bits per heavy atom. The summed E-state index contributed by atoms with van der Waals surface area (Å²) in [6.07, 6.45) is 5.10. The Kier molecular flexibility index (Phi) is 3.18. The molecule has 0 unspecified atom stereocenters. The molecule has 3 heteroatoms. The Morgan fingerprint density at radius 1 is 1.50 bits per heavy atom. The van der Waals surface area contributed by atoms with Gasteiger partial charge in [-0.15, -0.1) is 0 Å². The summed E-state index contributed by atoms with van der Waals surface area (Å²) in [4.78, 5) is 22.9. The first kappa shape index (κ1) is 13.1. The van der Waals surface area contributed by atoms with E-state index in [4.69, 9.17) is 5.11 Å². The van der Waals surface area contributed by atoms with Gasteiger partial charge in [-0.3, -0.25) is 4.79 Å². The molecule has 1 saturated carbocycles. The van der Waals surface area contributed by atoms with Gasteiger partial charge in [-0.1, -0.05) is 32.1 Å². The number of ketones is 1. The molecule has 0 aromatic rings. The SMILES string of the molecule is C=C(C(=O)O)[C@@H]1CC=C2CCC(=O)[C@H](C)[C@@]2(C)C1. The number of Topliss-reactive ketones (excluding diaryl/α,β-unsaturated/α-hetero) is 1. The zero-order valence-electron chi connectivity index (χ0n) is 11.0. The zero-order valence-corrected chi connectivity index (χ0v) is 11.0. The topological polar surface area (TPSA) is 54.4 Å². The summed E-state index contributed by atoms with van der Waals surface area (Å²) in [7, 11) is 0. The molecule has 2 aliphatic rings. The second-order valence-corrected chi connectivity index (χ2v) is 5.80. The molecule has 0 heterocycles. The van der Waals surface area contributed by atoms with Crippen molar-refractivity contribution in [3.8, 4) is 0 Å². The van der Waals surface area contributed by atoms with Crippen molar-refractivity contribution in [2.75, 3.05) is 0 Å². The number of carbonyl (C=O) groups excluding carboxylic acids is 1. The van der Waals surface area contributed by atoms with Gasteiger partial charge in [0.05, 0.1) is 0 Å². The van der Waals surface area contributed by atoms with E-state index in [-0.39, 0.29) is 22.8 Å². The molecule has 3 atom stereocenters. The van der Waals surface area contributed by atoms with Gasteiger partial charge in [0, 0.05) is 17.9 Å². The second-order valence-electron chi connectivity index (χ2n) is 5.80. The fraction of sp³-hybridized carbons (Fsp3) is 0.600. The molecule has 0 aromatic heterocycles. The quantitative estimate of drug-likeness (QED) is 0.603. The van der Waals surface area contributed by atoms with E-state index in [0.717, 1.165) is 19.3 Å². The molecule has 0 aromatic carbocycles. The van der Waals surface area contributed by atoms with E-state index in [1.54, 1.807) is 0 Å². The molecule has 3 nitrogen and oxygen atoms in total. The molecule has 0 aliphatic heterocycles. The summed E-state index contributed by atoms with van der Waals surface area (Å²) in [6, 6.07) is 0. The van der Waals surface area contributed by atoms with E-state index < -0.39 is 5.97 Å². The van der Waals surface area contributed by atoms with Crippen LogP contribution in [0.1, 0.15) is 39.5 Å². The van der Waals surface area contributed by atoms with Crippen LogP contribution in [0.5, 0.6) is 0 Å². The van der Waals surface area contributed by atoms with E-state index in [1.807, 2.05) is 6.92 Å². The van der Waals surface area contributed by atoms with Gasteiger partial charge in [-0.05, 0) is 30.6 Å². The van der Waals surface area contributed by atoms with Crippen LogP contribution in [-0.2, 0) is 9.59 Å². The first-order chi connectivity index (χ1) is 8.36. The summed E-state index contributed by atoms with van der Waals surface area (Å²) in [6.45, 7) is 7.75. The highest BCUT2D eigenvalue weighted by Gasteiger charge is 2.45. The lowest BCUT2D eigenvalue weighted by molar-refractivity contribution is -0.133. The summed E-state index contributed by atoms with van der Waals surface area (Å²) < 4.78 is 0. The molecule has 2 rings (SSSR count). The lowest BCUT2D eigenvalue weighted by Gasteiger charge is -2.46. The Balaban J connectivity index is 2.29. The Morgan fingerprint density at radius 3 is 2.78 bits per heavy atom. The molecular formula is C15H20O3. The predicted octanol–water partition coefficient (Wildman–Crippen LogP) is 2.97. The molecular weight excluding hydrogens is 228 g/mol. The van der Waals surface area contributed by atoms with Crippen molar-refractivity contribution < 1.29 is 14.7 Å². The number of rotatable bonds is 2. The largest absolute Gasteiger partial charge is 0.478 e. The van der Waals surface area contributed by atoms with Crippen LogP contribution in [0.2, 0.25) is 0 Å². The normalized spacial score (nSPS) is 35.7. The number of allylic oxidation sites excluding steroid dienone is 2. The number of hydrogen-bond acceptors (Lipinski definition) is 2. The van der Waals surface area contributed by atoms with Crippen molar-refractivity contribution in [3.63, 3.8) is 0 Å². The van der Waals surface area contributed by atoms with Gasteiger partial charge in [0.15, 0.2) is 0 Å². The summed E-state index contributed by atoms with van der Waals surface area (Å²) in [5.41, 5.74) is 1.44. The van der Waals surface area contributed by atoms with Gasteiger partial charge in [0.1, 0.15) is 5.78 Å². The summed E-state index contributed by atoms with van der Waals surface area (Å²) in [5.74, 6) is -0.669. The molecule has 0 radical (unpaired) electrons. The van der Waals surface area contributed by atoms with Crippen LogP contribution in [0.15, 0.2) is 23.8 Å². The van der Waals surface area contributed by atoms with Gasteiger partial charge < -0.3 is 5.11 Å². The highest BCUT2D eigenvalue weighted by atomic mass is 16.4. The number of carboxylic acid groups (broad SMARTS) is 1. The van der Waals surface area contributed by atoms with E-state index >= 15 is 0 Å². The van der Waals surface area contributed by atoms with E-state index in [1.165, 1.54) is 5.57 Å². The molecule has 1 fully saturated rings. The minimum Gasteiger partial charge on any atom is -0.478 e. The minimum absolute atomic E-state index is 0.0121. The van der Waals surface area contributed by atoms with Gasteiger partial charge >= 0.3 is 5.97 Å². The predicted molar refractivity (Wildman–Crippen MR) is 69.1 cm³/mol. The van der Waals surface area contributed by atoms with Gasteiger partial charge in [0.2, 0.25) is 0 Å². The van der Waals surface area contributed by atoms with E-state index in [9.17, 15) is 9.59 Å². The number of aliphatic carboxylic acids is 1. The maximum atomic E-state index is 11.9. The van der Waals surface area contributed by atoms with Crippen LogP contribution >= 0.6 is 0 Å². The average molecular weight is 248 g/mol. The number of carboxylic acids is 1. The third-order valence-corrected chi connectivity index (χ3v) is 4.90. The second kappa shape index (κ2) is 4.38. The fourth-order valence-electron chi connectivity index (χ4n) is 3.36. The monoisotopic (exact) mass is 248 g/mol. The molecule has 98 valence electrons. The number of carbonyl (C=O) groups is 2. The van der Waals surface area contributed by atoms with Crippen LogP contribution in [0.25, 0.3) is 0 Å². The zero-order chi connectivity index (χ0) is 13.5. The Hall–Kier alpha value is -1.38. The van der Waals surface area contributed by atoms with Crippen molar-refractivity contribution in [1.29, 1.82) is 0 Å². The van der Waals surface area contributed by atoms with Gasteiger partial charge in [-0.2, -0.15) is 0 Å². The number of fused-ring (bicyclic) bond motifs is 1. The minimum atomic E-state index is -0.921. The number of hydrogen-bond donors (Lipinski definition) is 1. The van der Waals surface area contributed by atoms with Gasteiger partial charge in [0.25, 0.3) is 0 Å². The van der Waals surface area contributed by atoms with Crippen LogP contribution in [0.4, 0.5) is 0 Å². The third kappa shape index (κ3) is 1.92. The molecule has 1 N–H and O–H groups in total. The lowest BCUT2D eigenvalue weighted by atomic mass is 9.57. The molecule has 18 heavy (non-hydrogen) atoms. The van der Waals surface area contributed by atoms with Crippen molar-refractivity contribution in [2.45, 2.75) is 39.5 Å². The average Bonchev–Trinajstić information content (AvgIpc) is 2.33. The Labute approximate surface area is 108 Å². The van der Waals surface area contributed by atoms with Crippen molar-refractivity contribution in [2.24, 2.45) is 17.3 Å². The van der Waals surface area contributed by atoms with Crippen molar-refractivity contribution in [1.82, 2.24) is 0 Å². The first-order valence-electron chi connectivity index (χ1n) is 6.50. The molecule has 0 saturated heterocycles. The van der Waals surface area contributed by atoms with Crippen LogP contribution < -0.4 is 0 Å². The maximum Gasteiger partial charge on any atom is 0.331 e. The van der Waals surface area contributed by atoms with Crippen LogP contribution in [0.3, 0.4) is 0 Å². The van der Waals surface area contributed by atoms with Crippen molar-refractivity contribution in [3.05, 3.63) is 23.8 Å². The van der Waals surface area contributed by atoms with E-state index in [2.05, 4.69) is 19.6 Å². The van der Waals surface area contributed by atoms with Crippen LogP contribution in [-0.4, -0.2) is 16.9 Å². The Bertz CT molecular complexity index is 447. The maximum absolute atomic E-state index is 11.9. The molecule has 0 bridgehead atoms. The lowest BCUT2D eigenvalue weighted by Crippen LogP contribution is -2.41. The summed E-state index contributed by atoms with van der Waals surface area (Å²) in [5, 5.41) is 9.04. The smallest absolute Gasteiger partial charge is 0.331 e. The summed E-state index contributed by atoms with van der Waals surface area (Å²) >= 11 is 0. The standard InChI is InChI=1S/C15H20O3/c1-9(14(17)18)11-4-5-12-6-7-13(16)10(2)15(12,3)8-11/h5,10-11H,1,4,6-8H2,2-3H3,(H,17,18)/t10-,11+,15+/m0/s1. The van der Waals surface area contributed by atoms with Crippen LogP contribution in [0, 0.1) is 17.3 Å². The fourth-order valence-corrected chi connectivity index (χ4v) is 3.36. The molecule has 0 amide bonds. The van der Waals surface area contributed by atoms with E-state index in [0.29, 0.717) is 12.2 Å². The third-order valence-electron chi connectivity index (χ3n) is 4.90. The highest BCUT2D eigenvalue weighted by molar-refractivity contribution is 5.87. The molecule has 0 spiro atoms. The molecule has 2 aliphatic carbocycles. The van der Waals surface area contributed by atoms with Crippen molar-refractivity contribution >= 4 is 11.8 Å². The first-order valence-corrected chi connectivity index (χ1v) is 6.50. The highest BCUT2D eigenvalue weighted by Crippen LogP contribution is 2.51.